The molecule has 0 saturated heterocycles. The normalized spacial score (nSPS) is 10.7. The molecule has 0 bridgehead atoms. The van der Waals surface area contributed by atoms with Crippen molar-refractivity contribution in [1.29, 1.82) is 0 Å². The summed E-state index contributed by atoms with van der Waals surface area (Å²) >= 11 is 6.18. The second-order valence-corrected chi connectivity index (χ2v) is 5.71. The van der Waals surface area contributed by atoms with E-state index in [1.54, 1.807) is 6.07 Å². The molecule has 4 aromatic rings. The molecule has 3 nitrogen and oxygen atoms in total. The zero-order valence-electron chi connectivity index (χ0n) is 12.7. The first kappa shape index (κ1) is 14.7. The van der Waals surface area contributed by atoms with Crippen molar-refractivity contribution in [2.24, 2.45) is 0 Å². The van der Waals surface area contributed by atoms with Gasteiger partial charge in [-0.15, -0.1) is 10.2 Å². The lowest BCUT2D eigenvalue weighted by atomic mass is 10.1. The number of ether oxygens (including phenoxy) is 1. The van der Waals surface area contributed by atoms with Crippen molar-refractivity contribution < 1.29 is 4.74 Å². The highest BCUT2D eigenvalue weighted by molar-refractivity contribution is 6.32. The summed E-state index contributed by atoms with van der Waals surface area (Å²) in [6.07, 6.45) is 0. The van der Waals surface area contributed by atoms with Crippen molar-refractivity contribution >= 4 is 22.4 Å². The topological polar surface area (TPSA) is 35.0 Å². The smallest absolute Gasteiger partial charge is 0.246 e. The van der Waals surface area contributed by atoms with E-state index in [-0.39, 0.29) is 0 Å². The average Bonchev–Trinajstić information content (AvgIpc) is 2.64. The fourth-order valence-corrected chi connectivity index (χ4v) is 2.77. The molecule has 4 rings (SSSR count). The molecule has 1 aromatic heterocycles. The molecule has 0 radical (unpaired) electrons. The molecule has 0 unspecified atom stereocenters. The Morgan fingerprint density at radius 3 is 2.12 bits per heavy atom. The van der Waals surface area contributed by atoms with Crippen LogP contribution in [0.3, 0.4) is 0 Å². The van der Waals surface area contributed by atoms with Gasteiger partial charge >= 0.3 is 0 Å². The number of halogens is 1. The molecule has 116 valence electrons. The van der Waals surface area contributed by atoms with E-state index in [1.165, 1.54) is 0 Å². The van der Waals surface area contributed by atoms with Crippen molar-refractivity contribution in [1.82, 2.24) is 10.2 Å². The van der Waals surface area contributed by atoms with E-state index < -0.39 is 0 Å². The maximum atomic E-state index is 6.18. The Hall–Kier alpha value is -2.91. The molecule has 24 heavy (non-hydrogen) atoms. The number of hydrogen-bond donors (Lipinski definition) is 0. The van der Waals surface area contributed by atoms with Crippen LogP contribution in [0, 0.1) is 0 Å². The van der Waals surface area contributed by atoms with E-state index in [1.807, 2.05) is 72.8 Å². The Labute approximate surface area is 144 Å². The number of aromatic nitrogens is 2. The van der Waals surface area contributed by atoms with E-state index in [2.05, 4.69) is 10.2 Å². The van der Waals surface area contributed by atoms with Gasteiger partial charge in [0.15, 0.2) is 0 Å². The van der Waals surface area contributed by atoms with Gasteiger partial charge in [-0.1, -0.05) is 72.3 Å². The minimum Gasteiger partial charge on any atom is -0.435 e. The largest absolute Gasteiger partial charge is 0.435 e. The molecule has 4 heteroatoms. The van der Waals surface area contributed by atoms with Crippen LogP contribution in [0.1, 0.15) is 0 Å². The highest BCUT2D eigenvalue weighted by Crippen LogP contribution is 2.34. The van der Waals surface area contributed by atoms with Crippen molar-refractivity contribution in [2.75, 3.05) is 0 Å². The van der Waals surface area contributed by atoms with Gasteiger partial charge in [-0.2, -0.15) is 0 Å². The number of hydrogen-bond acceptors (Lipinski definition) is 3. The summed E-state index contributed by atoms with van der Waals surface area (Å²) in [5.41, 5.74) is 1.85. The van der Waals surface area contributed by atoms with Gasteiger partial charge in [0, 0.05) is 16.3 Å². The zero-order chi connectivity index (χ0) is 16.4. The Balaban J connectivity index is 1.86. The van der Waals surface area contributed by atoms with E-state index >= 15 is 0 Å². The van der Waals surface area contributed by atoms with Crippen molar-refractivity contribution in [3.63, 3.8) is 0 Å². The Kier molecular flexibility index (Phi) is 3.85. The monoisotopic (exact) mass is 332 g/mol. The summed E-state index contributed by atoms with van der Waals surface area (Å²) in [7, 11) is 0. The molecule has 3 aromatic carbocycles. The Morgan fingerprint density at radius 2 is 1.33 bits per heavy atom. The molecule has 0 aliphatic carbocycles. The first-order valence-corrected chi connectivity index (χ1v) is 7.94. The van der Waals surface area contributed by atoms with Gasteiger partial charge in [0.2, 0.25) is 5.88 Å². The Morgan fingerprint density at radius 1 is 0.667 bits per heavy atom. The van der Waals surface area contributed by atoms with Crippen LogP contribution in [-0.2, 0) is 0 Å². The molecule has 0 spiro atoms. The molecule has 0 aliphatic rings. The third-order valence-electron chi connectivity index (χ3n) is 3.74. The van der Waals surface area contributed by atoms with Crippen LogP contribution in [0.4, 0.5) is 0 Å². The second kappa shape index (κ2) is 6.30. The number of para-hydroxylation sites is 1. The van der Waals surface area contributed by atoms with Gasteiger partial charge in [0.05, 0.1) is 5.02 Å². The quantitative estimate of drug-likeness (QED) is 0.479. The maximum absolute atomic E-state index is 6.18. The van der Waals surface area contributed by atoms with Crippen LogP contribution in [0.5, 0.6) is 11.6 Å². The van der Waals surface area contributed by atoms with Gasteiger partial charge < -0.3 is 4.74 Å². The first-order valence-electron chi connectivity index (χ1n) is 7.56. The molecule has 0 amide bonds. The van der Waals surface area contributed by atoms with Crippen molar-refractivity contribution in [3.8, 4) is 22.9 Å². The van der Waals surface area contributed by atoms with Gasteiger partial charge in [-0.3, -0.25) is 0 Å². The number of fused-ring (bicyclic) bond motifs is 1. The minimum atomic E-state index is 0.443. The molecule has 0 aliphatic heterocycles. The molecular formula is C20H13ClN2O. The predicted octanol–water partition coefficient (Wildman–Crippen LogP) is 5.74. The van der Waals surface area contributed by atoms with Gasteiger partial charge in [0.1, 0.15) is 11.4 Å². The predicted molar refractivity (Wildman–Crippen MR) is 96.5 cm³/mol. The van der Waals surface area contributed by atoms with Gasteiger partial charge in [-0.25, -0.2) is 0 Å². The number of rotatable bonds is 3. The third-order valence-corrected chi connectivity index (χ3v) is 4.06. The fraction of sp³-hybridized carbons (Fsp3) is 0. The molecule has 0 N–H and O–H groups in total. The van der Waals surface area contributed by atoms with Crippen LogP contribution >= 0.6 is 11.6 Å². The first-order chi connectivity index (χ1) is 11.8. The number of nitrogens with zero attached hydrogens (tertiary/aromatic N) is 2. The van der Waals surface area contributed by atoms with Crippen LogP contribution in [0.15, 0.2) is 78.9 Å². The third kappa shape index (κ3) is 2.70. The zero-order valence-corrected chi connectivity index (χ0v) is 13.4. The summed E-state index contributed by atoms with van der Waals surface area (Å²) in [4.78, 5) is 0. The van der Waals surface area contributed by atoms with Gasteiger partial charge in [0.25, 0.3) is 0 Å². The van der Waals surface area contributed by atoms with Crippen LogP contribution in [0.25, 0.3) is 22.0 Å². The van der Waals surface area contributed by atoms with E-state index in [4.69, 9.17) is 16.3 Å². The molecular weight excluding hydrogens is 320 g/mol. The van der Waals surface area contributed by atoms with Crippen molar-refractivity contribution in [2.45, 2.75) is 0 Å². The minimum absolute atomic E-state index is 0.443. The van der Waals surface area contributed by atoms with E-state index in [0.29, 0.717) is 16.7 Å². The van der Waals surface area contributed by atoms with Crippen LogP contribution in [0.2, 0.25) is 5.02 Å². The van der Waals surface area contributed by atoms with E-state index in [0.717, 1.165) is 22.0 Å². The van der Waals surface area contributed by atoms with Crippen LogP contribution < -0.4 is 4.74 Å². The summed E-state index contributed by atoms with van der Waals surface area (Å²) in [6, 6.07) is 25.2. The lowest BCUT2D eigenvalue weighted by Gasteiger charge is -2.11. The lowest BCUT2D eigenvalue weighted by molar-refractivity contribution is 0.462. The maximum Gasteiger partial charge on any atom is 0.246 e. The summed E-state index contributed by atoms with van der Waals surface area (Å²) in [6.45, 7) is 0. The van der Waals surface area contributed by atoms with Gasteiger partial charge in [-0.05, 0) is 18.2 Å². The molecule has 0 saturated carbocycles. The van der Waals surface area contributed by atoms with Crippen LogP contribution in [-0.4, -0.2) is 10.2 Å². The van der Waals surface area contributed by atoms with E-state index in [9.17, 15) is 0 Å². The standard InChI is InChI=1S/C20H13ClN2O/c21-17-12-6-7-13-18(17)24-20-16-11-5-4-10-15(16)19(22-23-20)14-8-2-1-3-9-14/h1-13H. The summed E-state index contributed by atoms with van der Waals surface area (Å²) in [5.74, 6) is 1.00. The molecule has 1 heterocycles. The highest BCUT2D eigenvalue weighted by atomic mass is 35.5. The summed E-state index contributed by atoms with van der Waals surface area (Å²) in [5, 5.41) is 11.1. The SMILES string of the molecule is Clc1ccccc1Oc1nnc(-c2ccccc2)c2ccccc12. The Bertz CT molecular complexity index is 1000. The summed E-state index contributed by atoms with van der Waals surface area (Å²) < 4.78 is 5.91. The fourth-order valence-electron chi connectivity index (χ4n) is 2.60. The van der Waals surface area contributed by atoms with Crippen molar-refractivity contribution in [3.05, 3.63) is 83.9 Å². The molecule has 0 fully saturated rings. The highest BCUT2D eigenvalue weighted by Gasteiger charge is 2.13. The average molecular weight is 333 g/mol. The second-order valence-electron chi connectivity index (χ2n) is 5.30. The molecule has 0 atom stereocenters. The lowest BCUT2D eigenvalue weighted by Crippen LogP contribution is -1.96. The number of benzene rings is 3.